The molecule has 2 heterocycles. The fraction of sp³-hybridized carbons (Fsp3) is 0.300. The van der Waals surface area contributed by atoms with Crippen LogP contribution in [0.1, 0.15) is 15.2 Å². The Hall–Kier alpha value is -1.35. The van der Waals surface area contributed by atoms with Crippen LogP contribution < -0.4 is 0 Å². The van der Waals surface area contributed by atoms with Gasteiger partial charge in [0.05, 0.1) is 5.75 Å². The second-order valence-corrected chi connectivity index (χ2v) is 5.59. The fourth-order valence-electron chi connectivity index (χ4n) is 1.50. The van der Waals surface area contributed by atoms with E-state index in [-0.39, 0.29) is 9.90 Å². The zero-order chi connectivity index (χ0) is 14.2. The van der Waals surface area contributed by atoms with E-state index in [9.17, 15) is 18.0 Å². The maximum absolute atomic E-state index is 12.2. The smallest absolute Gasteiger partial charge is 0.398 e. The van der Waals surface area contributed by atoms with Crippen molar-refractivity contribution in [2.24, 2.45) is 0 Å². The molecule has 0 aromatic carbocycles. The predicted molar refractivity (Wildman–Crippen MR) is 65.9 cm³/mol. The molecule has 2 aromatic rings. The first-order valence-corrected chi connectivity index (χ1v) is 6.76. The van der Waals surface area contributed by atoms with Crippen molar-refractivity contribution in [1.29, 1.82) is 0 Å². The number of rotatable bonds is 3. The van der Waals surface area contributed by atoms with Gasteiger partial charge in [0.25, 0.3) is 0 Å². The van der Waals surface area contributed by atoms with Crippen molar-refractivity contribution in [3.8, 4) is 0 Å². The van der Waals surface area contributed by atoms with Gasteiger partial charge in [0.15, 0.2) is 0 Å². The number of aromatic carboxylic acids is 1. The Kier molecular flexibility index (Phi) is 3.68. The minimum Gasteiger partial charge on any atom is -0.477 e. The van der Waals surface area contributed by atoms with E-state index in [0.29, 0.717) is 27.5 Å². The van der Waals surface area contributed by atoms with Gasteiger partial charge in [0.1, 0.15) is 21.1 Å². The monoisotopic (exact) mass is 308 g/mol. The topological polar surface area (TPSA) is 63.1 Å². The molecular formula is C10H7F3N2O2S2. The summed E-state index contributed by atoms with van der Waals surface area (Å²) in [6, 6.07) is 0. The van der Waals surface area contributed by atoms with Crippen LogP contribution in [0.4, 0.5) is 13.2 Å². The number of aryl methyl sites for hydroxylation is 1. The summed E-state index contributed by atoms with van der Waals surface area (Å²) >= 11 is 1.47. The van der Waals surface area contributed by atoms with E-state index >= 15 is 0 Å². The van der Waals surface area contributed by atoms with E-state index in [1.807, 2.05) is 0 Å². The summed E-state index contributed by atoms with van der Waals surface area (Å²) in [5.41, 5.74) is 0.401. The van der Waals surface area contributed by atoms with E-state index in [2.05, 4.69) is 9.97 Å². The zero-order valence-corrected chi connectivity index (χ0v) is 11.1. The molecule has 4 nitrogen and oxygen atoms in total. The van der Waals surface area contributed by atoms with Crippen LogP contribution in [0, 0.1) is 6.92 Å². The van der Waals surface area contributed by atoms with Gasteiger partial charge < -0.3 is 5.11 Å². The van der Waals surface area contributed by atoms with Gasteiger partial charge in [-0.25, -0.2) is 14.8 Å². The lowest BCUT2D eigenvalue weighted by Gasteiger charge is -2.06. The maximum atomic E-state index is 12.2. The molecule has 0 aliphatic rings. The second-order valence-electron chi connectivity index (χ2n) is 3.62. The van der Waals surface area contributed by atoms with Crippen LogP contribution >= 0.6 is 23.1 Å². The van der Waals surface area contributed by atoms with Crippen LogP contribution in [0.15, 0.2) is 11.4 Å². The number of carbonyl (C=O) groups is 1. The standard InChI is InChI=1S/C10H7F3N2O2S2/c1-4-5-7(18-2-10(11,12)13)14-3-15-8(5)19-6(4)9(16)17/h3H,2H2,1H3,(H,16,17). The van der Waals surface area contributed by atoms with Crippen LogP contribution in [0.3, 0.4) is 0 Å². The largest absolute Gasteiger partial charge is 0.477 e. The van der Waals surface area contributed by atoms with E-state index in [1.54, 1.807) is 6.92 Å². The summed E-state index contributed by atoms with van der Waals surface area (Å²) in [5.74, 6) is -2.19. The molecule has 0 fully saturated rings. The van der Waals surface area contributed by atoms with Crippen molar-refractivity contribution in [3.05, 3.63) is 16.8 Å². The number of aromatic nitrogens is 2. The van der Waals surface area contributed by atoms with Crippen molar-refractivity contribution in [2.45, 2.75) is 18.1 Å². The fourth-order valence-corrected chi connectivity index (χ4v) is 3.37. The van der Waals surface area contributed by atoms with Gasteiger partial charge in [0, 0.05) is 5.39 Å². The predicted octanol–water partition coefficient (Wildman–Crippen LogP) is 3.35. The number of hydrogen-bond acceptors (Lipinski definition) is 5. The van der Waals surface area contributed by atoms with E-state index in [1.165, 1.54) is 0 Å². The maximum Gasteiger partial charge on any atom is 0.398 e. The molecule has 0 aliphatic carbocycles. The number of nitrogens with zero attached hydrogens (tertiary/aromatic N) is 2. The van der Waals surface area contributed by atoms with Crippen LogP contribution in [0.2, 0.25) is 0 Å². The van der Waals surface area contributed by atoms with Gasteiger partial charge in [-0.2, -0.15) is 13.2 Å². The molecule has 19 heavy (non-hydrogen) atoms. The second kappa shape index (κ2) is 4.97. The molecule has 0 radical (unpaired) electrons. The van der Waals surface area contributed by atoms with Crippen molar-refractivity contribution in [1.82, 2.24) is 9.97 Å². The highest BCUT2D eigenvalue weighted by Crippen LogP contribution is 2.36. The number of hydrogen-bond donors (Lipinski definition) is 1. The number of thiophene rings is 1. The van der Waals surface area contributed by atoms with Crippen LogP contribution in [-0.4, -0.2) is 33.0 Å². The number of halogens is 3. The molecule has 0 atom stereocenters. The Morgan fingerprint density at radius 1 is 1.47 bits per heavy atom. The van der Waals surface area contributed by atoms with E-state index in [4.69, 9.17) is 5.11 Å². The molecule has 0 spiro atoms. The summed E-state index contributed by atoms with van der Waals surface area (Å²) in [7, 11) is 0. The average Bonchev–Trinajstić information content (AvgIpc) is 2.64. The summed E-state index contributed by atoms with van der Waals surface area (Å²) in [5, 5.41) is 9.54. The first kappa shape index (κ1) is 14.1. The molecule has 9 heteroatoms. The van der Waals surface area contributed by atoms with E-state index in [0.717, 1.165) is 17.7 Å². The van der Waals surface area contributed by atoms with Crippen molar-refractivity contribution >= 4 is 39.3 Å². The number of thioether (sulfide) groups is 1. The van der Waals surface area contributed by atoms with Gasteiger partial charge in [-0.1, -0.05) is 11.8 Å². The SMILES string of the molecule is Cc1c(C(=O)O)sc2ncnc(SCC(F)(F)F)c12. The number of alkyl halides is 3. The third kappa shape index (κ3) is 2.98. The Bertz CT molecular complexity index is 639. The normalized spacial score (nSPS) is 12.0. The summed E-state index contributed by atoms with van der Waals surface area (Å²) in [6.45, 7) is 1.54. The number of carboxylic acids is 1. The average molecular weight is 308 g/mol. The minimum absolute atomic E-state index is 0.0735. The first-order valence-electron chi connectivity index (χ1n) is 4.96. The highest BCUT2D eigenvalue weighted by Gasteiger charge is 2.28. The molecule has 0 amide bonds. The highest BCUT2D eigenvalue weighted by atomic mass is 32.2. The van der Waals surface area contributed by atoms with Gasteiger partial charge in [-0.15, -0.1) is 11.3 Å². The lowest BCUT2D eigenvalue weighted by Crippen LogP contribution is -2.10. The Morgan fingerprint density at radius 2 is 2.16 bits per heavy atom. The first-order chi connectivity index (χ1) is 8.79. The molecular weight excluding hydrogens is 301 g/mol. The third-order valence-corrected chi connectivity index (χ3v) is 4.50. The van der Waals surface area contributed by atoms with Crippen molar-refractivity contribution in [2.75, 3.05) is 5.75 Å². The molecule has 0 unspecified atom stereocenters. The lowest BCUT2D eigenvalue weighted by atomic mass is 10.2. The molecule has 0 bridgehead atoms. The Morgan fingerprint density at radius 3 is 2.74 bits per heavy atom. The summed E-state index contributed by atoms with van der Waals surface area (Å²) in [6.07, 6.45) is -3.16. The minimum atomic E-state index is -4.30. The van der Waals surface area contributed by atoms with Gasteiger partial charge in [0.2, 0.25) is 0 Å². The van der Waals surface area contributed by atoms with Crippen molar-refractivity contribution in [3.63, 3.8) is 0 Å². The number of carboxylic acid groups (broad SMARTS) is 1. The van der Waals surface area contributed by atoms with Gasteiger partial charge >= 0.3 is 12.1 Å². The molecule has 0 saturated heterocycles. The van der Waals surface area contributed by atoms with Crippen LogP contribution in [0.25, 0.3) is 10.2 Å². The highest BCUT2D eigenvalue weighted by molar-refractivity contribution is 7.99. The molecule has 2 rings (SSSR count). The number of fused-ring (bicyclic) bond motifs is 1. The summed E-state index contributed by atoms with van der Waals surface area (Å²) in [4.78, 5) is 19.2. The Balaban J connectivity index is 2.47. The van der Waals surface area contributed by atoms with Gasteiger partial charge in [-0.3, -0.25) is 0 Å². The quantitative estimate of drug-likeness (QED) is 0.696. The van der Waals surface area contributed by atoms with Crippen LogP contribution in [0.5, 0.6) is 0 Å². The molecule has 1 N–H and O–H groups in total. The van der Waals surface area contributed by atoms with Gasteiger partial charge in [-0.05, 0) is 12.5 Å². The third-order valence-electron chi connectivity index (χ3n) is 2.26. The molecule has 0 saturated carbocycles. The zero-order valence-electron chi connectivity index (χ0n) is 9.48. The lowest BCUT2D eigenvalue weighted by molar-refractivity contribution is -0.105. The van der Waals surface area contributed by atoms with Crippen LogP contribution in [-0.2, 0) is 0 Å². The Labute approximate surface area is 113 Å². The molecule has 0 aliphatic heterocycles. The summed E-state index contributed by atoms with van der Waals surface area (Å²) < 4.78 is 36.7. The van der Waals surface area contributed by atoms with Crippen molar-refractivity contribution < 1.29 is 23.1 Å². The molecule has 102 valence electrons. The van der Waals surface area contributed by atoms with E-state index < -0.39 is 17.9 Å². The molecule has 2 aromatic heterocycles.